The second-order valence-electron chi connectivity index (χ2n) is 5.44. The van der Waals surface area contributed by atoms with E-state index in [1.165, 1.54) is 12.1 Å². The van der Waals surface area contributed by atoms with Crippen molar-refractivity contribution in [3.63, 3.8) is 0 Å². The van der Waals surface area contributed by atoms with Gasteiger partial charge in [-0.15, -0.1) is 0 Å². The Balaban J connectivity index is 2.11. The highest BCUT2D eigenvalue weighted by Gasteiger charge is 2.49. The predicted octanol–water partition coefficient (Wildman–Crippen LogP) is 2.07. The van der Waals surface area contributed by atoms with Crippen molar-refractivity contribution in [2.45, 2.75) is 32.4 Å². The molecule has 4 nitrogen and oxygen atoms in total. The number of halogens is 1. The fraction of sp³-hybridized carbons (Fsp3) is 0.500. The second-order valence-corrected chi connectivity index (χ2v) is 5.44. The summed E-state index contributed by atoms with van der Waals surface area (Å²) < 4.78 is 18.9. The Morgan fingerprint density at radius 2 is 2.21 bits per heavy atom. The highest BCUT2D eigenvalue weighted by Crippen LogP contribution is 2.42. The number of carbonyl (C=O) groups excluding carboxylic acids is 1. The lowest BCUT2D eigenvalue weighted by molar-refractivity contribution is -0.0942. The maximum atomic E-state index is 13.6. The summed E-state index contributed by atoms with van der Waals surface area (Å²) >= 11 is 0. The lowest BCUT2D eigenvalue weighted by Gasteiger charge is -2.51. The Morgan fingerprint density at radius 3 is 2.74 bits per heavy atom. The topological polar surface area (TPSA) is 58.6 Å². The van der Waals surface area contributed by atoms with Crippen LogP contribution in [0.5, 0.6) is 5.75 Å². The molecule has 1 aromatic carbocycles. The van der Waals surface area contributed by atoms with Gasteiger partial charge in [0.1, 0.15) is 17.1 Å². The van der Waals surface area contributed by atoms with Gasteiger partial charge in [0.05, 0.1) is 6.10 Å². The number of rotatable bonds is 3. The first-order valence-corrected chi connectivity index (χ1v) is 6.19. The van der Waals surface area contributed by atoms with Crippen molar-refractivity contribution in [2.75, 3.05) is 7.11 Å². The van der Waals surface area contributed by atoms with Crippen molar-refractivity contribution >= 4 is 5.91 Å². The molecule has 0 aliphatic heterocycles. The lowest BCUT2D eigenvalue weighted by atomic mass is 9.64. The molecule has 0 heterocycles. The van der Waals surface area contributed by atoms with E-state index in [4.69, 9.17) is 4.74 Å². The van der Waals surface area contributed by atoms with E-state index in [-0.39, 0.29) is 28.9 Å². The van der Waals surface area contributed by atoms with E-state index in [9.17, 15) is 14.3 Å². The van der Waals surface area contributed by atoms with Crippen LogP contribution in [-0.4, -0.2) is 30.3 Å². The zero-order valence-electron chi connectivity index (χ0n) is 11.2. The van der Waals surface area contributed by atoms with Crippen molar-refractivity contribution in [3.05, 3.63) is 29.6 Å². The largest absolute Gasteiger partial charge is 0.507 e. The van der Waals surface area contributed by atoms with Crippen LogP contribution in [0.3, 0.4) is 0 Å². The molecule has 0 bridgehead atoms. The van der Waals surface area contributed by atoms with E-state index >= 15 is 0 Å². The van der Waals surface area contributed by atoms with E-state index in [1.54, 1.807) is 7.11 Å². The van der Waals surface area contributed by atoms with E-state index < -0.39 is 11.7 Å². The fourth-order valence-electron chi connectivity index (χ4n) is 2.50. The van der Waals surface area contributed by atoms with Gasteiger partial charge >= 0.3 is 0 Å². The number of nitrogens with one attached hydrogen (secondary N) is 1. The van der Waals surface area contributed by atoms with Gasteiger partial charge in [-0.05, 0) is 18.6 Å². The molecular weight excluding hydrogens is 249 g/mol. The van der Waals surface area contributed by atoms with E-state index in [0.29, 0.717) is 6.42 Å². The minimum Gasteiger partial charge on any atom is -0.507 e. The summed E-state index contributed by atoms with van der Waals surface area (Å²) in [5, 5.41) is 12.3. The number of hydrogen-bond donors (Lipinski definition) is 2. The van der Waals surface area contributed by atoms with Crippen LogP contribution in [0.4, 0.5) is 4.39 Å². The van der Waals surface area contributed by atoms with Gasteiger partial charge in [0.15, 0.2) is 0 Å². The molecule has 1 fully saturated rings. The van der Waals surface area contributed by atoms with Crippen molar-refractivity contribution in [1.82, 2.24) is 5.32 Å². The summed E-state index contributed by atoms with van der Waals surface area (Å²) in [4.78, 5) is 12.0. The van der Waals surface area contributed by atoms with Crippen LogP contribution in [-0.2, 0) is 4.74 Å². The van der Waals surface area contributed by atoms with Crippen molar-refractivity contribution in [1.29, 1.82) is 0 Å². The second kappa shape index (κ2) is 4.81. The first kappa shape index (κ1) is 13.8. The molecule has 104 valence electrons. The summed E-state index contributed by atoms with van der Waals surface area (Å²) in [6.45, 7) is 3.97. The summed E-state index contributed by atoms with van der Waals surface area (Å²) in [6.07, 6.45) is 0.761. The summed E-state index contributed by atoms with van der Waals surface area (Å²) in [7, 11) is 1.63. The molecular formula is C14H18FNO3. The molecule has 0 spiro atoms. The molecule has 1 amide bonds. The zero-order valence-corrected chi connectivity index (χ0v) is 11.2. The Kier molecular flexibility index (Phi) is 3.49. The average Bonchev–Trinajstić information content (AvgIpc) is 2.33. The summed E-state index contributed by atoms with van der Waals surface area (Å²) in [6, 6.07) is 3.71. The van der Waals surface area contributed by atoms with Gasteiger partial charge in [-0.3, -0.25) is 4.79 Å². The van der Waals surface area contributed by atoms with Crippen LogP contribution >= 0.6 is 0 Å². The van der Waals surface area contributed by atoms with Gasteiger partial charge in [-0.1, -0.05) is 19.9 Å². The molecule has 0 saturated heterocycles. The van der Waals surface area contributed by atoms with Gasteiger partial charge in [0.25, 0.3) is 5.91 Å². The SMILES string of the molecule is COC1CC(NC(=O)c2c(O)cccc2F)C1(C)C. The van der Waals surface area contributed by atoms with Crippen molar-refractivity contribution in [2.24, 2.45) is 5.41 Å². The summed E-state index contributed by atoms with van der Waals surface area (Å²) in [5.74, 6) is -1.67. The minimum atomic E-state index is -0.724. The van der Waals surface area contributed by atoms with Crippen LogP contribution in [0.1, 0.15) is 30.6 Å². The number of hydrogen-bond acceptors (Lipinski definition) is 3. The van der Waals surface area contributed by atoms with Gasteiger partial charge in [0, 0.05) is 18.6 Å². The zero-order chi connectivity index (χ0) is 14.2. The smallest absolute Gasteiger partial charge is 0.258 e. The standard InChI is InChI=1S/C14H18FNO3/c1-14(2)10(7-11(14)19-3)16-13(18)12-8(15)5-4-6-9(12)17/h4-6,10-11,17H,7H2,1-3H3,(H,16,18). The molecule has 2 N–H and O–H groups in total. The van der Waals surface area contributed by atoms with Gasteiger partial charge < -0.3 is 15.2 Å². The molecule has 5 heteroatoms. The number of ether oxygens (including phenoxy) is 1. The Labute approximate surface area is 111 Å². The molecule has 2 atom stereocenters. The molecule has 1 aliphatic carbocycles. The molecule has 19 heavy (non-hydrogen) atoms. The number of phenolic OH excluding ortho intramolecular Hbond substituents is 1. The predicted molar refractivity (Wildman–Crippen MR) is 68.5 cm³/mol. The highest BCUT2D eigenvalue weighted by atomic mass is 19.1. The van der Waals surface area contributed by atoms with Crippen LogP contribution in [0.2, 0.25) is 0 Å². The molecule has 1 aromatic rings. The van der Waals surface area contributed by atoms with Crippen LogP contribution in [0.15, 0.2) is 18.2 Å². The molecule has 1 saturated carbocycles. The van der Waals surface area contributed by atoms with Crippen molar-refractivity contribution < 1.29 is 19.0 Å². The van der Waals surface area contributed by atoms with Crippen LogP contribution < -0.4 is 5.32 Å². The monoisotopic (exact) mass is 267 g/mol. The lowest BCUT2D eigenvalue weighted by Crippen LogP contribution is -2.61. The molecule has 0 aromatic heterocycles. The Morgan fingerprint density at radius 1 is 1.53 bits per heavy atom. The number of benzene rings is 1. The maximum Gasteiger partial charge on any atom is 0.258 e. The third kappa shape index (κ3) is 2.30. The third-order valence-electron chi connectivity index (χ3n) is 3.99. The quantitative estimate of drug-likeness (QED) is 0.881. The van der Waals surface area contributed by atoms with Gasteiger partial charge in [0.2, 0.25) is 0 Å². The molecule has 2 unspecified atom stereocenters. The number of aromatic hydroxyl groups is 1. The van der Waals surface area contributed by atoms with Crippen molar-refractivity contribution in [3.8, 4) is 5.75 Å². The van der Waals surface area contributed by atoms with Gasteiger partial charge in [-0.25, -0.2) is 4.39 Å². The number of methoxy groups -OCH3 is 1. The summed E-state index contributed by atoms with van der Waals surface area (Å²) in [5.41, 5.74) is -0.509. The highest BCUT2D eigenvalue weighted by molar-refractivity contribution is 5.97. The Hall–Kier alpha value is -1.62. The average molecular weight is 267 g/mol. The van der Waals surface area contributed by atoms with Gasteiger partial charge in [-0.2, -0.15) is 0 Å². The number of phenols is 1. The molecule has 0 radical (unpaired) electrons. The van der Waals surface area contributed by atoms with Crippen LogP contribution in [0, 0.1) is 11.2 Å². The maximum absolute atomic E-state index is 13.6. The molecule has 1 aliphatic rings. The van der Waals surface area contributed by atoms with Crippen LogP contribution in [0.25, 0.3) is 0 Å². The number of amides is 1. The van der Waals surface area contributed by atoms with E-state index in [0.717, 1.165) is 6.07 Å². The normalized spacial score (nSPS) is 24.6. The third-order valence-corrected chi connectivity index (χ3v) is 3.99. The molecule has 2 rings (SSSR count). The van der Waals surface area contributed by atoms with E-state index in [2.05, 4.69) is 5.32 Å². The Bertz CT molecular complexity index is 481. The fourth-order valence-corrected chi connectivity index (χ4v) is 2.50. The minimum absolute atomic E-state index is 0.0759. The number of carbonyl (C=O) groups is 1. The first-order chi connectivity index (χ1) is 8.87. The first-order valence-electron chi connectivity index (χ1n) is 6.19. The van der Waals surface area contributed by atoms with E-state index in [1.807, 2.05) is 13.8 Å².